The van der Waals surface area contributed by atoms with Crippen molar-refractivity contribution in [2.75, 3.05) is 39.6 Å². The zero-order valence-corrected chi connectivity index (χ0v) is 56.5. The van der Waals surface area contributed by atoms with E-state index in [1.165, 1.54) is 20.4 Å². The number of ether oxygens (including phenoxy) is 2. The molecule has 2 heterocycles. The molecule has 514 valence electrons. The van der Waals surface area contributed by atoms with Gasteiger partial charge in [-0.1, -0.05) is 111 Å². The first-order valence-electron chi connectivity index (χ1n) is 32.5. The predicted molar refractivity (Wildman–Crippen MR) is 348 cm³/mol. The number of hydroxylamine groups is 2. The summed E-state index contributed by atoms with van der Waals surface area (Å²) >= 11 is 0. The number of nitrogens with two attached hydrogens (primary N) is 1. The molecule has 10 atom stereocenters. The van der Waals surface area contributed by atoms with Crippen LogP contribution >= 0.6 is 0 Å². The fourth-order valence-electron chi connectivity index (χ4n) is 11.5. The Bertz CT molecular complexity index is 2890. The molecule has 26 heteroatoms. The average molecular weight is 1300 g/mol. The first kappa shape index (κ1) is 77.2. The number of primary amides is 1. The molecular formula is C67H101N11O15. The predicted octanol–water partition coefficient (Wildman–Crippen LogP) is 5.98. The third-order valence-electron chi connectivity index (χ3n) is 17.0. The van der Waals surface area contributed by atoms with Gasteiger partial charge in [0, 0.05) is 89.9 Å². The molecule has 2 aliphatic heterocycles. The van der Waals surface area contributed by atoms with E-state index in [0.29, 0.717) is 42.1 Å². The van der Waals surface area contributed by atoms with Gasteiger partial charge in [-0.2, -0.15) is 0 Å². The number of nitrogens with one attached hydrogen (secondary N) is 5. The van der Waals surface area contributed by atoms with Crippen LogP contribution in [0.25, 0.3) is 0 Å². The molecule has 0 saturated carbocycles. The topological polar surface area (TPSA) is 344 Å². The van der Waals surface area contributed by atoms with E-state index in [2.05, 4.69) is 31.6 Å². The van der Waals surface area contributed by atoms with E-state index in [9.17, 15) is 57.5 Å². The molecule has 0 radical (unpaired) electrons. The van der Waals surface area contributed by atoms with Gasteiger partial charge in [0.15, 0.2) is 0 Å². The average Bonchev–Trinajstić information content (AvgIpc) is 1.59. The standard InChI is InChI=1S/C67H101N11O15/c1-14-43(8)60(52(91-13)37-56(82)77-34-20-23-49(77)35-44(9)61(84)71-45(10)36-46-21-16-15-17-22-46)75(11)65(88)50(40(2)3)38-70-64(87)59(42(6)7)76(12)67(90)92-39-47-27-29-48(30-28-47)72-62(85)51(24-19-33-69-66(68)89)73-63(86)58(41(4)5)74-53(79)25-18-26-57(83)93-78-54(80)31-32-55(78)81/h15-17,21-22,27-30,38,40-45,49-52,58-60H,14,18-20,23-26,31-37,39H2,1-13H3,(H,71,84)(H,72,85)(H,73,86)(H,74,79)(H3,68,69,89)/t43-,44+,45+,49-,50?,51-,52+,58-,59-,60-/m0/s1. The lowest BCUT2D eigenvalue weighted by atomic mass is 9.88. The van der Waals surface area contributed by atoms with Gasteiger partial charge in [-0.15, -0.1) is 5.06 Å². The van der Waals surface area contributed by atoms with Crippen LogP contribution < -0.4 is 32.3 Å². The maximum absolute atomic E-state index is 14.6. The SMILES string of the molecule is CC[C@H](C)[C@@H]([C@@H](CC(=O)N1CCC[C@H]1C[C@@H](C)C(=O)N[C@H](C)Cc1ccccc1)OC)N(C)C(=O)C(C=NC(=O)[C@H](C(C)C)N(C)C(=O)OCc1ccc(NC(=O)[C@H](CCCNC(N)=O)NC(=O)[C@@H](NC(=O)CCCC(=O)ON2C(=O)CCC2=O)C(C)C)cc1)C(C)C. The van der Waals surface area contributed by atoms with E-state index in [-0.39, 0.29) is 112 Å². The fourth-order valence-corrected chi connectivity index (χ4v) is 11.5. The highest BCUT2D eigenvalue weighted by Crippen LogP contribution is 2.29. The van der Waals surface area contributed by atoms with Crippen LogP contribution in [0.1, 0.15) is 157 Å². The second-order valence-electron chi connectivity index (χ2n) is 25.5. The Morgan fingerprint density at radius 1 is 0.763 bits per heavy atom. The van der Waals surface area contributed by atoms with Crippen LogP contribution in [0.15, 0.2) is 59.6 Å². The maximum Gasteiger partial charge on any atom is 0.410 e. The number of urea groups is 1. The number of hydrogen-bond acceptors (Lipinski definition) is 15. The number of methoxy groups -OCH3 is 1. The normalized spacial score (nSPS) is 17.0. The number of amides is 12. The zero-order valence-electron chi connectivity index (χ0n) is 56.5. The van der Waals surface area contributed by atoms with Crippen molar-refractivity contribution in [3.05, 3.63) is 65.7 Å². The summed E-state index contributed by atoms with van der Waals surface area (Å²) in [5.74, 6) is -7.72. The van der Waals surface area contributed by atoms with Crippen molar-refractivity contribution in [2.45, 2.75) is 202 Å². The van der Waals surface area contributed by atoms with Crippen molar-refractivity contribution >= 4 is 83.2 Å². The smallest absolute Gasteiger partial charge is 0.410 e. The van der Waals surface area contributed by atoms with Crippen molar-refractivity contribution < 1.29 is 71.8 Å². The van der Waals surface area contributed by atoms with Gasteiger partial charge < -0.3 is 56.4 Å². The highest BCUT2D eigenvalue weighted by atomic mass is 16.7. The number of anilines is 1. The van der Waals surface area contributed by atoms with Crippen LogP contribution in [0.4, 0.5) is 15.3 Å². The summed E-state index contributed by atoms with van der Waals surface area (Å²) in [5.41, 5.74) is 7.18. The summed E-state index contributed by atoms with van der Waals surface area (Å²) in [6.45, 7) is 18.9. The molecule has 2 aliphatic rings. The van der Waals surface area contributed by atoms with Crippen molar-refractivity contribution in [1.29, 1.82) is 0 Å². The Balaban J connectivity index is 1.35. The first-order valence-corrected chi connectivity index (χ1v) is 32.5. The Labute approximate surface area is 547 Å². The molecule has 2 aromatic carbocycles. The number of aliphatic imine (C=N–C) groups is 1. The number of carbonyl (C=O) groups excluding carboxylic acids is 12. The molecule has 4 rings (SSSR count). The van der Waals surface area contributed by atoms with Gasteiger partial charge in [0.05, 0.1) is 24.5 Å². The van der Waals surface area contributed by atoms with Gasteiger partial charge in [-0.05, 0) is 98.8 Å². The zero-order chi connectivity index (χ0) is 69.2. The third kappa shape index (κ3) is 24.3. The van der Waals surface area contributed by atoms with Gasteiger partial charge in [-0.3, -0.25) is 48.1 Å². The lowest BCUT2D eigenvalue weighted by Gasteiger charge is -2.40. The van der Waals surface area contributed by atoms with Crippen molar-refractivity contribution in [1.82, 2.24) is 41.0 Å². The van der Waals surface area contributed by atoms with Gasteiger partial charge in [0.1, 0.15) is 24.7 Å². The second kappa shape index (κ2) is 38.0. The molecule has 0 aliphatic carbocycles. The molecule has 12 amide bonds. The molecule has 26 nitrogen and oxygen atoms in total. The number of imide groups is 1. The van der Waals surface area contributed by atoms with Gasteiger partial charge in [0.2, 0.25) is 35.4 Å². The van der Waals surface area contributed by atoms with Gasteiger partial charge in [0.25, 0.3) is 17.7 Å². The molecular weight excluding hydrogens is 1200 g/mol. The number of likely N-dealkylation sites (N-methyl/N-ethyl adjacent to an activating group) is 2. The molecule has 0 bridgehead atoms. The first-order chi connectivity index (χ1) is 44.0. The van der Waals surface area contributed by atoms with Crippen LogP contribution in [-0.2, 0) is 75.3 Å². The summed E-state index contributed by atoms with van der Waals surface area (Å²) in [6.07, 6.45) is 2.92. The summed E-state index contributed by atoms with van der Waals surface area (Å²) in [6, 6.07) is 11.4. The van der Waals surface area contributed by atoms with Crippen molar-refractivity contribution in [3.8, 4) is 0 Å². The molecule has 7 N–H and O–H groups in total. The van der Waals surface area contributed by atoms with E-state index < -0.39 is 102 Å². The third-order valence-corrected chi connectivity index (χ3v) is 17.0. The van der Waals surface area contributed by atoms with E-state index >= 15 is 0 Å². The minimum atomic E-state index is -1.16. The quantitative estimate of drug-likeness (QED) is 0.0260. The van der Waals surface area contributed by atoms with Crippen LogP contribution in [0.5, 0.6) is 0 Å². The minimum absolute atomic E-state index is 0.0118. The van der Waals surface area contributed by atoms with Gasteiger partial charge >= 0.3 is 18.1 Å². The van der Waals surface area contributed by atoms with E-state index in [1.54, 1.807) is 63.9 Å². The Morgan fingerprint density at radius 2 is 1.42 bits per heavy atom. The molecule has 0 spiro atoms. The summed E-state index contributed by atoms with van der Waals surface area (Å²) < 4.78 is 11.7. The van der Waals surface area contributed by atoms with Crippen molar-refractivity contribution in [3.63, 3.8) is 0 Å². The number of benzene rings is 2. The number of nitrogens with zero attached hydrogens (tertiary/aromatic N) is 5. The largest absolute Gasteiger partial charge is 0.445 e. The van der Waals surface area contributed by atoms with Crippen molar-refractivity contribution in [2.24, 2.45) is 46.2 Å². The van der Waals surface area contributed by atoms with Crippen LogP contribution in [0, 0.1) is 35.5 Å². The summed E-state index contributed by atoms with van der Waals surface area (Å²) in [4.78, 5) is 171. The fraction of sp³-hybridized carbons (Fsp3) is 0.627. The Morgan fingerprint density at radius 3 is 2.01 bits per heavy atom. The van der Waals surface area contributed by atoms with Gasteiger partial charge in [-0.25, -0.2) is 19.4 Å². The molecule has 2 fully saturated rings. The highest BCUT2D eigenvalue weighted by molar-refractivity contribution is 6.02. The minimum Gasteiger partial charge on any atom is -0.445 e. The van der Waals surface area contributed by atoms with E-state index in [4.69, 9.17) is 20.0 Å². The van der Waals surface area contributed by atoms with Crippen LogP contribution in [-0.4, -0.2) is 174 Å². The summed E-state index contributed by atoms with van der Waals surface area (Å²) in [7, 11) is 4.63. The Hall–Kier alpha value is -8.29. The lowest BCUT2D eigenvalue weighted by molar-refractivity contribution is -0.197. The number of carbonyl (C=O) groups is 12. The number of rotatable bonds is 36. The molecule has 2 saturated heterocycles. The van der Waals surface area contributed by atoms with E-state index in [1.807, 2.05) is 76.8 Å². The highest BCUT2D eigenvalue weighted by Gasteiger charge is 2.41. The maximum atomic E-state index is 14.6. The number of hydrogen-bond donors (Lipinski definition) is 6. The molecule has 1 unspecified atom stereocenters. The Kier molecular flexibility index (Phi) is 31.6. The monoisotopic (exact) mass is 1300 g/mol. The van der Waals surface area contributed by atoms with E-state index in [0.717, 1.165) is 23.3 Å². The lowest BCUT2D eigenvalue weighted by Crippen LogP contribution is -2.54. The molecule has 93 heavy (non-hydrogen) atoms. The van der Waals surface area contributed by atoms with Crippen LogP contribution in [0.3, 0.4) is 0 Å². The molecule has 0 aromatic heterocycles. The second-order valence-corrected chi connectivity index (χ2v) is 25.5. The summed E-state index contributed by atoms with van der Waals surface area (Å²) in [5, 5.41) is 14.1. The molecule has 2 aromatic rings. The van der Waals surface area contributed by atoms with Crippen LogP contribution in [0.2, 0.25) is 0 Å². The number of likely N-dealkylation sites (tertiary alicyclic amines) is 1.